The van der Waals surface area contributed by atoms with Gasteiger partial charge in [-0.25, -0.2) is 4.39 Å². The number of carbonyl (C=O) groups excluding carboxylic acids is 2. The van der Waals surface area contributed by atoms with Gasteiger partial charge in [-0.3, -0.25) is 9.59 Å². The number of amides is 2. The highest BCUT2D eigenvalue weighted by atomic mass is 19.1. The SMILES string of the molecule is NC(=O)c1cccc(NC(=O)C=Cc2ccccc2F)c1. The van der Waals surface area contributed by atoms with Gasteiger partial charge in [0.2, 0.25) is 11.8 Å². The lowest BCUT2D eigenvalue weighted by atomic mass is 10.2. The highest BCUT2D eigenvalue weighted by molar-refractivity contribution is 6.03. The first kappa shape index (κ1) is 14.5. The maximum atomic E-state index is 13.4. The lowest BCUT2D eigenvalue weighted by Crippen LogP contribution is -2.12. The molecule has 0 fully saturated rings. The molecule has 0 unspecified atom stereocenters. The molecule has 3 N–H and O–H groups in total. The van der Waals surface area contributed by atoms with Crippen LogP contribution in [0.15, 0.2) is 54.6 Å². The Morgan fingerprint density at radius 1 is 1.10 bits per heavy atom. The summed E-state index contributed by atoms with van der Waals surface area (Å²) in [5, 5.41) is 2.57. The van der Waals surface area contributed by atoms with E-state index in [0.717, 1.165) is 0 Å². The van der Waals surface area contributed by atoms with Crippen molar-refractivity contribution in [3.8, 4) is 0 Å². The molecule has 2 aromatic carbocycles. The summed E-state index contributed by atoms with van der Waals surface area (Å²) in [5.74, 6) is -1.41. The van der Waals surface area contributed by atoms with E-state index in [2.05, 4.69) is 5.32 Å². The standard InChI is InChI=1S/C16H13FN2O2/c17-14-7-2-1-4-11(14)8-9-15(20)19-13-6-3-5-12(10-13)16(18)21/h1-10H,(H2,18,21)(H,19,20). The number of carbonyl (C=O) groups is 2. The second kappa shape index (κ2) is 6.47. The number of nitrogens with two attached hydrogens (primary N) is 1. The Balaban J connectivity index is 2.07. The normalized spacial score (nSPS) is 10.5. The van der Waals surface area contributed by atoms with Crippen LogP contribution in [0.3, 0.4) is 0 Å². The van der Waals surface area contributed by atoms with Gasteiger partial charge in [0.05, 0.1) is 0 Å². The van der Waals surface area contributed by atoms with Crippen LogP contribution in [0.2, 0.25) is 0 Å². The fraction of sp³-hybridized carbons (Fsp3) is 0. The largest absolute Gasteiger partial charge is 0.366 e. The fourth-order valence-electron chi connectivity index (χ4n) is 1.71. The summed E-state index contributed by atoms with van der Waals surface area (Å²) < 4.78 is 13.4. The van der Waals surface area contributed by atoms with Gasteiger partial charge in [0.25, 0.3) is 0 Å². The molecule has 4 nitrogen and oxygen atoms in total. The van der Waals surface area contributed by atoms with Gasteiger partial charge in [-0.1, -0.05) is 24.3 Å². The van der Waals surface area contributed by atoms with E-state index in [1.165, 1.54) is 24.3 Å². The average molecular weight is 284 g/mol. The number of halogens is 1. The van der Waals surface area contributed by atoms with Crippen LogP contribution >= 0.6 is 0 Å². The third kappa shape index (κ3) is 4.01. The van der Waals surface area contributed by atoms with Gasteiger partial charge in [-0.15, -0.1) is 0 Å². The molecule has 0 aliphatic rings. The predicted molar refractivity (Wildman–Crippen MR) is 79.0 cm³/mol. The van der Waals surface area contributed by atoms with Crippen LogP contribution in [-0.2, 0) is 4.79 Å². The molecule has 0 bridgehead atoms. The smallest absolute Gasteiger partial charge is 0.248 e. The Hall–Kier alpha value is -2.95. The first-order chi connectivity index (χ1) is 10.1. The number of hydrogen-bond donors (Lipinski definition) is 2. The van der Waals surface area contributed by atoms with Crippen LogP contribution in [0.1, 0.15) is 15.9 Å². The summed E-state index contributed by atoms with van der Waals surface area (Å²) in [6, 6.07) is 12.4. The van der Waals surface area contributed by atoms with Crippen LogP contribution in [-0.4, -0.2) is 11.8 Å². The average Bonchev–Trinajstić information content (AvgIpc) is 2.46. The molecule has 106 valence electrons. The van der Waals surface area contributed by atoms with Crippen LogP contribution in [0.5, 0.6) is 0 Å². The number of primary amides is 1. The van der Waals surface area contributed by atoms with Crippen LogP contribution in [0.4, 0.5) is 10.1 Å². The Morgan fingerprint density at radius 3 is 2.57 bits per heavy atom. The van der Waals surface area contributed by atoms with Crippen molar-refractivity contribution in [2.75, 3.05) is 5.32 Å². The Labute approximate surface area is 121 Å². The minimum Gasteiger partial charge on any atom is -0.366 e. The topological polar surface area (TPSA) is 72.2 Å². The molecule has 0 saturated carbocycles. The van der Waals surface area contributed by atoms with Crippen molar-refractivity contribution in [2.45, 2.75) is 0 Å². The third-order valence-electron chi connectivity index (χ3n) is 2.73. The highest BCUT2D eigenvalue weighted by Crippen LogP contribution is 2.11. The van der Waals surface area contributed by atoms with Gasteiger partial charge in [0, 0.05) is 22.9 Å². The Kier molecular flexibility index (Phi) is 4.46. The molecule has 2 amide bonds. The van der Waals surface area contributed by atoms with E-state index in [9.17, 15) is 14.0 Å². The van der Waals surface area contributed by atoms with E-state index in [1.807, 2.05) is 0 Å². The molecule has 0 radical (unpaired) electrons. The lowest BCUT2D eigenvalue weighted by Gasteiger charge is -2.03. The van der Waals surface area contributed by atoms with Gasteiger partial charge in [0.1, 0.15) is 5.82 Å². The van der Waals surface area contributed by atoms with Crippen LogP contribution < -0.4 is 11.1 Å². The molecule has 0 aliphatic heterocycles. The van der Waals surface area contributed by atoms with Crippen LogP contribution in [0, 0.1) is 5.82 Å². The predicted octanol–water partition coefficient (Wildman–Crippen LogP) is 2.58. The molecule has 0 aliphatic carbocycles. The summed E-state index contributed by atoms with van der Waals surface area (Å²) in [6.45, 7) is 0. The number of hydrogen-bond acceptors (Lipinski definition) is 2. The molecular weight excluding hydrogens is 271 g/mol. The van der Waals surface area contributed by atoms with Crippen molar-refractivity contribution in [1.29, 1.82) is 0 Å². The molecule has 0 heterocycles. The van der Waals surface area contributed by atoms with E-state index in [-0.39, 0.29) is 0 Å². The number of benzene rings is 2. The molecule has 0 atom stereocenters. The van der Waals surface area contributed by atoms with Gasteiger partial charge in [-0.2, -0.15) is 0 Å². The first-order valence-corrected chi connectivity index (χ1v) is 6.20. The summed E-state index contributed by atoms with van der Waals surface area (Å²) in [5.41, 5.74) is 6.21. The first-order valence-electron chi connectivity index (χ1n) is 6.20. The molecule has 2 rings (SSSR count). The van der Waals surface area contributed by atoms with Crippen molar-refractivity contribution < 1.29 is 14.0 Å². The Bertz CT molecular complexity index is 711. The lowest BCUT2D eigenvalue weighted by molar-refractivity contribution is -0.111. The maximum absolute atomic E-state index is 13.4. The zero-order valence-corrected chi connectivity index (χ0v) is 11.0. The molecular formula is C16H13FN2O2. The molecule has 0 aromatic heterocycles. The van der Waals surface area contributed by atoms with Gasteiger partial charge >= 0.3 is 0 Å². The van der Waals surface area contributed by atoms with Gasteiger partial charge < -0.3 is 11.1 Å². The van der Waals surface area contributed by atoms with E-state index in [4.69, 9.17) is 5.73 Å². The van der Waals surface area contributed by atoms with Crippen molar-refractivity contribution in [1.82, 2.24) is 0 Å². The van der Waals surface area contributed by atoms with Crippen LogP contribution in [0.25, 0.3) is 6.08 Å². The van der Waals surface area contributed by atoms with Crippen molar-refractivity contribution >= 4 is 23.6 Å². The van der Waals surface area contributed by atoms with E-state index >= 15 is 0 Å². The number of anilines is 1. The summed E-state index contributed by atoms with van der Waals surface area (Å²) in [6.07, 6.45) is 2.60. The van der Waals surface area contributed by atoms with Crippen molar-refractivity contribution in [2.24, 2.45) is 5.73 Å². The number of rotatable bonds is 4. The van der Waals surface area contributed by atoms with Crippen molar-refractivity contribution in [3.05, 3.63) is 71.6 Å². The number of nitrogens with one attached hydrogen (secondary N) is 1. The molecule has 5 heteroatoms. The van der Waals surface area contributed by atoms with Gasteiger partial charge in [-0.05, 0) is 30.3 Å². The fourth-order valence-corrected chi connectivity index (χ4v) is 1.71. The van der Waals surface area contributed by atoms with E-state index in [1.54, 1.807) is 36.4 Å². The summed E-state index contributed by atoms with van der Waals surface area (Å²) >= 11 is 0. The van der Waals surface area contributed by atoms with Gasteiger partial charge in [0.15, 0.2) is 0 Å². The van der Waals surface area contributed by atoms with Crippen molar-refractivity contribution in [3.63, 3.8) is 0 Å². The monoisotopic (exact) mass is 284 g/mol. The molecule has 2 aromatic rings. The van der Waals surface area contributed by atoms with E-state index in [0.29, 0.717) is 16.8 Å². The summed E-state index contributed by atoms with van der Waals surface area (Å²) in [4.78, 5) is 22.8. The zero-order chi connectivity index (χ0) is 15.2. The Morgan fingerprint density at radius 2 is 1.86 bits per heavy atom. The minimum absolute atomic E-state index is 0.297. The summed E-state index contributed by atoms with van der Waals surface area (Å²) in [7, 11) is 0. The quantitative estimate of drug-likeness (QED) is 0.847. The molecule has 0 saturated heterocycles. The third-order valence-corrected chi connectivity index (χ3v) is 2.73. The minimum atomic E-state index is -0.576. The second-order valence-corrected chi connectivity index (χ2v) is 4.29. The second-order valence-electron chi connectivity index (χ2n) is 4.29. The zero-order valence-electron chi connectivity index (χ0n) is 11.0. The highest BCUT2D eigenvalue weighted by Gasteiger charge is 2.03. The van der Waals surface area contributed by atoms with E-state index < -0.39 is 17.6 Å². The molecule has 21 heavy (non-hydrogen) atoms. The maximum Gasteiger partial charge on any atom is 0.248 e. The molecule has 0 spiro atoms.